The lowest BCUT2D eigenvalue weighted by atomic mass is 9.95. The molecule has 0 aromatic heterocycles. The Balaban J connectivity index is 3.85. The largest absolute Gasteiger partial charge is 0.403 e. The van der Waals surface area contributed by atoms with Crippen LogP contribution < -0.4 is 5.73 Å². The maximum absolute atomic E-state index is 12.2. The number of allylic oxidation sites excluding steroid dienone is 2. The van der Waals surface area contributed by atoms with Gasteiger partial charge in [0.1, 0.15) is 20.7 Å². The average molecular weight is 172 g/mol. The Kier molecular flexibility index (Phi) is 5.33. The van der Waals surface area contributed by atoms with Gasteiger partial charge in [-0.15, -0.1) is 0 Å². The fraction of sp³-hybridized carbons (Fsp3) is 0.571. The zero-order valence-corrected chi connectivity index (χ0v) is 6.93. The van der Waals surface area contributed by atoms with E-state index in [0.29, 0.717) is 5.70 Å². The summed E-state index contributed by atoms with van der Waals surface area (Å²) < 4.78 is 23.8. The molecule has 0 bridgehead atoms. The van der Waals surface area contributed by atoms with Crippen molar-refractivity contribution in [3.8, 4) is 0 Å². The van der Waals surface area contributed by atoms with E-state index in [2.05, 4.69) is 4.99 Å². The highest BCUT2D eigenvalue weighted by atomic mass is 19.2. The van der Waals surface area contributed by atoms with Crippen molar-refractivity contribution in [2.75, 3.05) is 13.2 Å². The normalized spacial score (nSPS) is 16.2. The van der Waals surface area contributed by atoms with Crippen molar-refractivity contribution in [1.82, 2.24) is 0 Å². The van der Waals surface area contributed by atoms with Crippen LogP contribution in [0.15, 0.2) is 16.2 Å². The van der Waals surface area contributed by atoms with Crippen LogP contribution >= 0.6 is 0 Å². The molecule has 0 aliphatic heterocycles. The third kappa shape index (κ3) is 4.88. The Bertz CT molecular complexity index is 188. The fourth-order valence-electron chi connectivity index (χ4n) is 0.416. The first-order valence-electron chi connectivity index (χ1n) is 3.49. The summed E-state index contributed by atoms with van der Waals surface area (Å²) in [5.41, 5.74) is 5.97. The van der Waals surface area contributed by atoms with Crippen LogP contribution in [0.4, 0.5) is 8.78 Å². The molecule has 1 unspecified atom stereocenters. The Labute approximate surface area is 72.0 Å². The standard InChI is InChI=1S/C7H11BF2N2/c1-5(11)7(8)4-12-3-6(10)2-9/h4,6H,2-3,11H2,1H3/b7-5+,12-4?. The molecule has 2 N–H and O–H groups in total. The third-order valence-electron chi connectivity index (χ3n) is 1.16. The van der Waals surface area contributed by atoms with E-state index >= 15 is 0 Å². The summed E-state index contributed by atoms with van der Waals surface area (Å²) in [6.45, 7) is 0.358. The summed E-state index contributed by atoms with van der Waals surface area (Å²) in [4.78, 5) is 3.56. The van der Waals surface area contributed by atoms with Gasteiger partial charge < -0.3 is 5.73 Å². The second kappa shape index (κ2) is 5.74. The topological polar surface area (TPSA) is 38.4 Å². The minimum absolute atomic E-state index is 0.218. The summed E-state index contributed by atoms with van der Waals surface area (Å²) in [6.07, 6.45) is -0.315. The molecular formula is C7H11BF2N2. The van der Waals surface area contributed by atoms with E-state index in [4.69, 9.17) is 13.6 Å². The molecule has 0 aliphatic rings. The second-order valence-electron chi connectivity index (χ2n) is 2.38. The molecule has 0 aromatic rings. The van der Waals surface area contributed by atoms with Crippen molar-refractivity contribution in [3.63, 3.8) is 0 Å². The molecule has 12 heavy (non-hydrogen) atoms. The molecule has 5 heteroatoms. The van der Waals surface area contributed by atoms with Crippen LogP contribution in [0.2, 0.25) is 0 Å². The van der Waals surface area contributed by atoms with E-state index < -0.39 is 12.8 Å². The van der Waals surface area contributed by atoms with Gasteiger partial charge in [0, 0.05) is 6.21 Å². The lowest BCUT2D eigenvalue weighted by Gasteiger charge is -1.98. The van der Waals surface area contributed by atoms with Crippen LogP contribution in [0, 0.1) is 0 Å². The summed E-state index contributed by atoms with van der Waals surface area (Å²) in [6, 6.07) is 0. The zero-order valence-electron chi connectivity index (χ0n) is 6.93. The van der Waals surface area contributed by atoms with E-state index in [1.54, 1.807) is 6.92 Å². The highest BCUT2D eigenvalue weighted by Gasteiger charge is 2.01. The van der Waals surface area contributed by atoms with E-state index in [0.717, 1.165) is 0 Å². The predicted octanol–water partition coefficient (Wildman–Crippen LogP) is 0.724. The predicted molar refractivity (Wildman–Crippen MR) is 46.9 cm³/mol. The molecule has 0 amide bonds. The molecule has 0 aromatic carbocycles. The van der Waals surface area contributed by atoms with E-state index in [-0.39, 0.29) is 12.0 Å². The Morgan fingerprint density at radius 1 is 1.75 bits per heavy atom. The van der Waals surface area contributed by atoms with Gasteiger partial charge in [-0.2, -0.15) is 0 Å². The number of hydrogen-bond donors (Lipinski definition) is 1. The molecule has 0 rings (SSSR count). The van der Waals surface area contributed by atoms with Crippen molar-refractivity contribution >= 4 is 14.1 Å². The molecular weight excluding hydrogens is 161 g/mol. The highest BCUT2D eigenvalue weighted by molar-refractivity contribution is 6.33. The maximum Gasteiger partial charge on any atom is 0.148 e. The van der Waals surface area contributed by atoms with Crippen LogP contribution in [-0.4, -0.2) is 33.5 Å². The van der Waals surface area contributed by atoms with Crippen molar-refractivity contribution in [1.29, 1.82) is 0 Å². The van der Waals surface area contributed by atoms with E-state index in [9.17, 15) is 8.78 Å². The number of alkyl halides is 2. The molecule has 0 heterocycles. The highest BCUT2D eigenvalue weighted by Crippen LogP contribution is 1.93. The first-order chi connectivity index (χ1) is 5.57. The second-order valence-corrected chi connectivity index (χ2v) is 2.38. The lowest BCUT2D eigenvalue weighted by molar-refractivity contribution is 0.268. The Morgan fingerprint density at radius 3 is 2.75 bits per heavy atom. The lowest BCUT2D eigenvalue weighted by Crippen LogP contribution is -2.07. The summed E-state index contributed by atoms with van der Waals surface area (Å²) in [5, 5.41) is 0. The van der Waals surface area contributed by atoms with Gasteiger partial charge in [-0.3, -0.25) is 4.99 Å². The van der Waals surface area contributed by atoms with Crippen LogP contribution in [0.3, 0.4) is 0 Å². The van der Waals surface area contributed by atoms with Gasteiger partial charge in [0.2, 0.25) is 0 Å². The number of nitrogens with zero attached hydrogens (tertiary/aromatic N) is 1. The molecule has 1 atom stereocenters. The van der Waals surface area contributed by atoms with Gasteiger partial charge in [-0.25, -0.2) is 8.78 Å². The molecule has 0 spiro atoms. The number of nitrogens with two attached hydrogens (primary N) is 1. The first-order valence-corrected chi connectivity index (χ1v) is 3.49. The molecule has 2 nitrogen and oxygen atoms in total. The number of aliphatic imine (C=N–C) groups is 1. The average Bonchev–Trinajstić information content (AvgIpc) is 2.03. The van der Waals surface area contributed by atoms with E-state index in [1.165, 1.54) is 6.21 Å². The molecule has 0 saturated heterocycles. The number of rotatable bonds is 4. The Morgan fingerprint density at radius 2 is 2.33 bits per heavy atom. The molecule has 0 aliphatic carbocycles. The molecule has 2 radical (unpaired) electrons. The van der Waals surface area contributed by atoms with Crippen molar-refractivity contribution < 1.29 is 8.78 Å². The van der Waals surface area contributed by atoms with Gasteiger partial charge in [-0.1, -0.05) is 5.47 Å². The van der Waals surface area contributed by atoms with Crippen molar-refractivity contribution in [2.24, 2.45) is 10.7 Å². The SMILES string of the molecule is [B]/C(C=NCC(F)CF)=C(\C)N. The third-order valence-corrected chi connectivity index (χ3v) is 1.16. The zero-order chi connectivity index (χ0) is 9.56. The summed E-state index contributed by atoms with van der Waals surface area (Å²) in [5.74, 6) is 0. The molecule has 0 fully saturated rings. The molecule has 66 valence electrons. The quantitative estimate of drug-likeness (QED) is 0.492. The van der Waals surface area contributed by atoms with Crippen LogP contribution in [0.1, 0.15) is 6.92 Å². The fourth-order valence-corrected chi connectivity index (χ4v) is 0.416. The van der Waals surface area contributed by atoms with Crippen molar-refractivity contribution in [3.05, 3.63) is 11.2 Å². The minimum atomic E-state index is -1.55. The van der Waals surface area contributed by atoms with Crippen LogP contribution in [0.5, 0.6) is 0 Å². The monoisotopic (exact) mass is 172 g/mol. The van der Waals surface area contributed by atoms with Crippen molar-refractivity contribution in [2.45, 2.75) is 13.1 Å². The number of hydrogen-bond acceptors (Lipinski definition) is 2. The Hall–Kier alpha value is -0.865. The van der Waals surface area contributed by atoms with Crippen LogP contribution in [0.25, 0.3) is 0 Å². The molecule has 0 saturated carbocycles. The van der Waals surface area contributed by atoms with Crippen LogP contribution in [-0.2, 0) is 0 Å². The summed E-state index contributed by atoms with van der Waals surface area (Å²) >= 11 is 0. The smallest absolute Gasteiger partial charge is 0.148 e. The first kappa shape index (κ1) is 11.1. The van der Waals surface area contributed by atoms with Gasteiger partial charge in [0.05, 0.1) is 6.54 Å². The van der Waals surface area contributed by atoms with E-state index in [1.807, 2.05) is 0 Å². The van der Waals surface area contributed by atoms with Gasteiger partial charge in [-0.05, 0) is 12.6 Å². The van der Waals surface area contributed by atoms with Gasteiger partial charge >= 0.3 is 0 Å². The number of halogens is 2. The summed E-state index contributed by atoms with van der Waals surface area (Å²) in [7, 11) is 5.33. The van der Waals surface area contributed by atoms with Gasteiger partial charge in [0.25, 0.3) is 0 Å². The van der Waals surface area contributed by atoms with Gasteiger partial charge in [0.15, 0.2) is 0 Å². The maximum atomic E-state index is 12.2. The minimum Gasteiger partial charge on any atom is -0.403 e.